The average molecular weight is 223 g/mol. The van der Waals surface area contributed by atoms with Crippen LogP contribution >= 0.6 is 0 Å². The second kappa shape index (κ2) is 5.46. The van der Waals surface area contributed by atoms with Gasteiger partial charge in [0.05, 0.1) is 5.69 Å². The van der Waals surface area contributed by atoms with Crippen LogP contribution in [0.15, 0.2) is 10.7 Å². The maximum absolute atomic E-state index is 5.50. The monoisotopic (exact) mass is 223 g/mol. The summed E-state index contributed by atoms with van der Waals surface area (Å²) in [6.07, 6.45) is 5.16. The molecular formula is C12H21N3O. The summed E-state index contributed by atoms with van der Waals surface area (Å²) in [6, 6.07) is 0. The Bertz CT molecular complexity index is 316. The maximum atomic E-state index is 5.50. The normalized spacial score (nSPS) is 19.1. The summed E-state index contributed by atoms with van der Waals surface area (Å²) in [5, 5.41) is 0. The number of rotatable bonds is 4. The van der Waals surface area contributed by atoms with Crippen LogP contribution in [-0.2, 0) is 13.0 Å². The molecule has 0 saturated carbocycles. The Balaban J connectivity index is 1.82. The molecule has 16 heavy (non-hydrogen) atoms. The number of oxazole rings is 1. The van der Waals surface area contributed by atoms with Crippen molar-refractivity contribution >= 4 is 0 Å². The lowest BCUT2D eigenvalue weighted by Gasteiger charge is -2.30. The average Bonchev–Trinajstić information content (AvgIpc) is 2.78. The van der Waals surface area contributed by atoms with E-state index in [1.807, 2.05) is 0 Å². The number of nitrogens with zero attached hydrogens (tertiary/aromatic N) is 2. The van der Waals surface area contributed by atoms with Gasteiger partial charge in [-0.05, 0) is 38.4 Å². The van der Waals surface area contributed by atoms with E-state index in [0.717, 1.165) is 23.9 Å². The summed E-state index contributed by atoms with van der Waals surface area (Å²) in [4.78, 5) is 6.85. The van der Waals surface area contributed by atoms with Gasteiger partial charge in [-0.1, -0.05) is 6.92 Å². The van der Waals surface area contributed by atoms with Gasteiger partial charge in [0.1, 0.15) is 6.26 Å². The van der Waals surface area contributed by atoms with Crippen LogP contribution in [-0.4, -0.2) is 29.5 Å². The van der Waals surface area contributed by atoms with E-state index in [0.29, 0.717) is 6.54 Å². The molecule has 1 aromatic heterocycles. The van der Waals surface area contributed by atoms with Crippen molar-refractivity contribution < 1.29 is 4.42 Å². The zero-order valence-electron chi connectivity index (χ0n) is 9.98. The summed E-state index contributed by atoms with van der Waals surface area (Å²) in [5.41, 5.74) is 6.37. The van der Waals surface area contributed by atoms with Crippen LogP contribution in [0.3, 0.4) is 0 Å². The molecule has 90 valence electrons. The van der Waals surface area contributed by atoms with Crippen molar-refractivity contribution in [1.29, 1.82) is 0 Å². The van der Waals surface area contributed by atoms with Gasteiger partial charge < -0.3 is 15.1 Å². The quantitative estimate of drug-likeness (QED) is 0.838. The van der Waals surface area contributed by atoms with Gasteiger partial charge in [-0.25, -0.2) is 4.98 Å². The summed E-state index contributed by atoms with van der Waals surface area (Å²) in [7, 11) is 0. The minimum absolute atomic E-state index is 0.470. The first-order valence-electron chi connectivity index (χ1n) is 6.17. The fourth-order valence-electron chi connectivity index (χ4n) is 2.29. The first kappa shape index (κ1) is 11.6. The summed E-state index contributed by atoms with van der Waals surface area (Å²) in [6.45, 7) is 6.29. The zero-order chi connectivity index (χ0) is 11.4. The highest BCUT2D eigenvalue weighted by Crippen LogP contribution is 2.21. The van der Waals surface area contributed by atoms with Crippen LogP contribution in [0.4, 0.5) is 0 Å². The number of hydrogen-bond donors (Lipinski definition) is 1. The molecule has 2 heterocycles. The summed E-state index contributed by atoms with van der Waals surface area (Å²) >= 11 is 0. The van der Waals surface area contributed by atoms with Crippen molar-refractivity contribution in [3.8, 4) is 0 Å². The first-order valence-corrected chi connectivity index (χ1v) is 6.17. The number of aromatic nitrogens is 1. The number of piperidine rings is 1. The van der Waals surface area contributed by atoms with Gasteiger partial charge in [0, 0.05) is 13.0 Å². The molecule has 0 bridgehead atoms. The van der Waals surface area contributed by atoms with Gasteiger partial charge in [-0.2, -0.15) is 0 Å². The highest BCUT2D eigenvalue weighted by atomic mass is 16.3. The molecule has 0 aliphatic carbocycles. The lowest BCUT2D eigenvalue weighted by molar-refractivity contribution is 0.187. The van der Waals surface area contributed by atoms with Crippen molar-refractivity contribution in [3.63, 3.8) is 0 Å². The topological polar surface area (TPSA) is 55.3 Å². The Labute approximate surface area is 96.8 Å². The highest BCUT2D eigenvalue weighted by molar-refractivity contribution is 4.96. The van der Waals surface area contributed by atoms with Crippen LogP contribution in [0, 0.1) is 5.92 Å². The molecule has 0 atom stereocenters. The second-order valence-electron chi connectivity index (χ2n) is 4.52. The van der Waals surface area contributed by atoms with E-state index in [9.17, 15) is 0 Å². The molecule has 4 heteroatoms. The molecule has 0 unspecified atom stereocenters. The Morgan fingerprint density at radius 3 is 2.81 bits per heavy atom. The Morgan fingerprint density at radius 1 is 1.50 bits per heavy atom. The van der Waals surface area contributed by atoms with E-state index < -0.39 is 0 Å². The predicted octanol–water partition coefficient (Wildman–Crippen LogP) is 1.41. The van der Waals surface area contributed by atoms with Gasteiger partial charge in [0.15, 0.2) is 5.89 Å². The molecule has 0 amide bonds. The van der Waals surface area contributed by atoms with E-state index in [2.05, 4.69) is 16.8 Å². The summed E-state index contributed by atoms with van der Waals surface area (Å²) in [5.74, 6) is 1.59. The third-order valence-electron chi connectivity index (χ3n) is 3.43. The smallest absolute Gasteiger partial charge is 0.194 e. The molecule has 0 radical (unpaired) electrons. The first-order chi connectivity index (χ1) is 7.81. The van der Waals surface area contributed by atoms with Crippen molar-refractivity contribution in [2.75, 3.05) is 19.6 Å². The molecule has 1 fully saturated rings. The minimum atomic E-state index is 0.470. The fourth-order valence-corrected chi connectivity index (χ4v) is 2.29. The molecule has 0 aromatic carbocycles. The Kier molecular flexibility index (Phi) is 3.96. The number of nitrogens with two attached hydrogens (primary N) is 1. The third kappa shape index (κ3) is 2.83. The van der Waals surface area contributed by atoms with E-state index in [1.54, 1.807) is 6.26 Å². The largest absolute Gasteiger partial charge is 0.449 e. The van der Waals surface area contributed by atoms with E-state index >= 15 is 0 Å². The number of hydrogen-bond acceptors (Lipinski definition) is 4. The van der Waals surface area contributed by atoms with E-state index in [1.165, 1.54) is 32.5 Å². The predicted molar refractivity (Wildman–Crippen MR) is 62.9 cm³/mol. The van der Waals surface area contributed by atoms with Crippen molar-refractivity contribution in [2.24, 2.45) is 11.7 Å². The van der Waals surface area contributed by atoms with Gasteiger partial charge in [0.25, 0.3) is 0 Å². The Hall–Kier alpha value is -0.870. The molecular weight excluding hydrogens is 202 g/mol. The van der Waals surface area contributed by atoms with Crippen molar-refractivity contribution in [2.45, 2.75) is 32.7 Å². The molecule has 1 saturated heterocycles. The van der Waals surface area contributed by atoms with Gasteiger partial charge in [-0.3, -0.25) is 0 Å². The minimum Gasteiger partial charge on any atom is -0.449 e. The molecule has 1 aromatic rings. The molecule has 0 spiro atoms. The Morgan fingerprint density at radius 2 is 2.25 bits per heavy atom. The lowest BCUT2D eigenvalue weighted by Crippen LogP contribution is -2.34. The summed E-state index contributed by atoms with van der Waals surface area (Å²) < 4.78 is 5.41. The van der Waals surface area contributed by atoms with E-state index in [-0.39, 0.29) is 0 Å². The van der Waals surface area contributed by atoms with Crippen LogP contribution in [0.1, 0.15) is 31.4 Å². The molecule has 2 rings (SSSR count). The van der Waals surface area contributed by atoms with Crippen molar-refractivity contribution in [3.05, 3.63) is 17.8 Å². The lowest BCUT2D eigenvalue weighted by atomic mass is 9.93. The standard InChI is InChI=1S/C12H21N3O/c1-2-15-5-3-10(4-6-15)7-12-14-11(8-13)9-16-12/h9-10H,2-8,13H2,1H3. The van der Waals surface area contributed by atoms with Crippen LogP contribution in [0.2, 0.25) is 0 Å². The molecule has 2 N–H and O–H groups in total. The van der Waals surface area contributed by atoms with Gasteiger partial charge in [0.2, 0.25) is 0 Å². The fraction of sp³-hybridized carbons (Fsp3) is 0.750. The number of likely N-dealkylation sites (tertiary alicyclic amines) is 1. The van der Waals surface area contributed by atoms with Crippen LogP contribution < -0.4 is 5.73 Å². The second-order valence-corrected chi connectivity index (χ2v) is 4.52. The molecule has 1 aliphatic rings. The van der Waals surface area contributed by atoms with Gasteiger partial charge in [-0.15, -0.1) is 0 Å². The molecule has 4 nitrogen and oxygen atoms in total. The highest BCUT2D eigenvalue weighted by Gasteiger charge is 2.20. The zero-order valence-corrected chi connectivity index (χ0v) is 9.98. The molecule has 1 aliphatic heterocycles. The SMILES string of the molecule is CCN1CCC(Cc2nc(CN)co2)CC1. The van der Waals surface area contributed by atoms with Crippen molar-refractivity contribution in [1.82, 2.24) is 9.88 Å². The third-order valence-corrected chi connectivity index (χ3v) is 3.43. The van der Waals surface area contributed by atoms with E-state index in [4.69, 9.17) is 10.2 Å². The van der Waals surface area contributed by atoms with Crippen LogP contribution in [0.25, 0.3) is 0 Å². The van der Waals surface area contributed by atoms with Gasteiger partial charge >= 0.3 is 0 Å². The van der Waals surface area contributed by atoms with Crippen LogP contribution in [0.5, 0.6) is 0 Å². The maximum Gasteiger partial charge on any atom is 0.194 e.